The maximum Gasteiger partial charge on any atom is 0.460 e. The van der Waals surface area contributed by atoms with Gasteiger partial charge < -0.3 is 4.74 Å². The third-order valence-electron chi connectivity index (χ3n) is 6.87. The Bertz CT molecular complexity index is 640. The third-order valence-corrected chi connectivity index (χ3v) is 6.87. The third kappa shape index (κ3) is 2.31. The van der Waals surface area contributed by atoms with Gasteiger partial charge in [-0.2, -0.15) is 39.5 Å². The molecule has 0 aromatic carbocycles. The van der Waals surface area contributed by atoms with Gasteiger partial charge in [0.1, 0.15) is 0 Å². The van der Waals surface area contributed by atoms with E-state index in [1.807, 2.05) is 13.8 Å². The predicted molar refractivity (Wildman–Crippen MR) is 72.3 cm³/mol. The average Bonchev–Trinajstić information content (AvgIpc) is 2.81. The Morgan fingerprint density at radius 1 is 1.00 bits per heavy atom. The van der Waals surface area contributed by atoms with E-state index in [2.05, 4.69) is 4.74 Å². The van der Waals surface area contributed by atoms with Gasteiger partial charge in [-0.25, -0.2) is 0 Å². The fraction of sp³-hybridized carbons (Fsp3) is 0.938. The van der Waals surface area contributed by atoms with Gasteiger partial charge in [0.25, 0.3) is 0 Å². The summed E-state index contributed by atoms with van der Waals surface area (Å²) < 4.78 is 120. The van der Waals surface area contributed by atoms with Gasteiger partial charge in [0.15, 0.2) is 0 Å². The Morgan fingerprint density at radius 3 is 1.93 bits per heavy atom. The van der Waals surface area contributed by atoms with E-state index in [1.165, 1.54) is 0 Å². The molecule has 4 rings (SSSR count). The van der Waals surface area contributed by atoms with Crippen LogP contribution in [0.4, 0.5) is 39.5 Å². The number of rotatable bonds is 6. The van der Waals surface area contributed by atoms with Crippen molar-refractivity contribution in [1.82, 2.24) is 0 Å². The van der Waals surface area contributed by atoms with E-state index >= 15 is 0 Å². The van der Waals surface area contributed by atoms with E-state index in [0.29, 0.717) is 0 Å². The Balaban J connectivity index is 1.63. The van der Waals surface area contributed by atoms with E-state index in [4.69, 9.17) is 0 Å². The summed E-state index contributed by atoms with van der Waals surface area (Å²) >= 11 is 0. The van der Waals surface area contributed by atoms with Crippen molar-refractivity contribution in [2.75, 3.05) is 6.61 Å². The van der Waals surface area contributed by atoms with Gasteiger partial charge in [-0.1, -0.05) is 13.8 Å². The van der Waals surface area contributed by atoms with E-state index in [1.54, 1.807) is 0 Å². The Kier molecular flexibility index (Phi) is 4.16. The Labute approximate surface area is 148 Å². The van der Waals surface area contributed by atoms with Gasteiger partial charge in [-0.15, -0.1) is 0 Å². The first-order valence-electron chi connectivity index (χ1n) is 8.42. The van der Waals surface area contributed by atoms with Crippen molar-refractivity contribution in [3.63, 3.8) is 0 Å². The smallest absolute Gasteiger partial charge is 0.460 e. The van der Waals surface area contributed by atoms with Gasteiger partial charge >= 0.3 is 29.9 Å². The predicted octanol–water partition coefficient (Wildman–Crippen LogP) is 4.93. The minimum atomic E-state index is -6.93. The summed E-state index contributed by atoms with van der Waals surface area (Å²) in [7, 11) is 0. The molecule has 6 unspecified atom stereocenters. The largest absolute Gasteiger partial charge is 0.465 e. The fourth-order valence-electron chi connectivity index (χ4n) is 5.52. The van der Waals surface area contributed by atoms with Crippen LogP contribution in [0.25, 0.3) is 0 Å². The van der Waals surface area contributed by atoms with Crippen LogP contribution in [0.5, 0.6) is 0 Å². The minimum Gasteiger partial charge on any atom is -0.465 e. The molecule has 0 saturated heterocycles. The van der Waals surface area contributed by atoms with E-state index in [-0.39, 0.29) is 29.6 Å². The SMILES string of the molecule is CC1C2CC3C1C3(C(=O)OCCC(F)(F)C(F)(F)C(F)(F)C(F)(F)F)C2C. The van der Waals surface area contributed by atoms with Crippen LogP contribution < -0.4 is 0 Å². The highest BCUT2D eigenvalue weighted by molar-refractivity contribution is 5.84. The van der Waals surface area contributed by atoms with Crippen LogP contribution in [-0.2, 0) is 9.53 Å². The van der Waals surface area contributed by atoms with Crippen LogP contribution in [0.15, 0.2) is 0 Å². The van der Waals surface area contributed by atoms with Crippen molar-refractivity contribution in [2.24, 2.45) is 35.0 Å². The zero-order chi connectivity index (χ0) is 20.8. The van der Waals surface area contributed by atoms with Gasteiger partial charge in [0, 0.05) is 0 Å². The summed E-state index contributed by atoms with van der Waals surface area (Å²) in [5.41, 5.74) is -0.863. The van der Waals surface area contributed by atoms with Gasteiger partial charge in [-0.05, 0) is 36.0 Å². The zero-order valence-corrected chi connectivity index (χ0v) is 14.2. The van der Waals surface area contributed by atoms with Crippen LogP contribution in [0.2, 0.25) is 0 Å². The van der Waals surface area contributed by atoms with Crippen molar-refractivity contribution < 1.29 is 49.0 Å². The monoisotopic (exact) mass is 412 g/mol. The lowest BCUT2D eigenvalue weighted by atomic mass is 9.90. The lowest BCUT2D eigenvalue weighted by Gasteiger charge is -2.33. The molecule has 0 N–H and O–H groups in total. The van der Waals surface area contributed by atoms with Crippen LogP contribution in [0.3, 0.4) is 0 Å². The number of hydrogen-bond acceptors (Lipinski definition) is 2. The summed E-state index contributed by atoms with van der Waals surface area (Å²) in [5.74, 6) is -19.7. The van der Waals surface area contributed by atoms with Crippen molar-refractivity contribution in [3.8, 4) is 0 Å². The lowest BCUT2D eigenvalue weighted by Crippen LogP contribution is -2.61. The average molecular weight is 412 g/mol. The minimum absolute atomic E-state index is 0.0153. The highest BCUT2D eigenvalue weighted by atomic mass is 19.4. The number of ether oxygens (including phenoxy) is 1. The molecule has 4 aliphatic rings. The quantitative estimate of drug-likeness (QED) is 0.457. The fourth-order valence-corrected chi connectivity index (χ4v) is 5.52. The van der Waals surface area contributed by atoms with Crippen molar-refractivity contribution >= 4 is 5.97 Å². The van der Waals surface area contributed by atoms with E-state index in [0.717, 1.165) is 6.42 Å². The maximum absolute atomic E-state index is 13.5. The molecule has 4 fully saturated rings. The molecule has 0 aromatic rings. The van der Waals surface area contributed by atoms with Gasteiger partial charge in [0.05, 0.1) is 18.4 Å². The van der Waals surface area contributed by atoms with Crippen molar-refractivity contribution in [3.05, 3.63) is 0 Å². The standard InChI is InChI=1S/C16H17F9O2/c1-6-8-5-9-10(6)13(9,7(8)2)11(26)27-4-3-12(17,18)14(19,20)15(21,22)16(23,24)25/h6-10H,3-5H2,1-2H3. The number of halogens is 9. The van der Waals surface area contributed by atoms with E-state index < -0.39 is 48.4 Å². The number of esters is 1. The molecule has 0 amide bonds. The zero-order valence-electron chi connectivity index (χ0n) is 14.2. The van der Waals surface area contributed by atoms with Crippen molar-refractivity contribution in [2.45, 2.75) is 50.6 Å². The van der Waals surface area contributed by atoms with Crippen LogP contribution >= 0.6 is 0 Å². The first-order chi connectivity index (χ1) is 12.0. The molecule has 6 atom stereocenters. The molecule has 11 heteroatoms. The van der Waals surface area contributed by atoms with Gasteiger partial charge in [0.2, 0.25) is 0 Å². The molecule has 0 spiro atoms. The van der Waals surface area contributed by atoms with Crippen LogP contribution in [-0.4, -0.2) is 36.5 Å². The molecule has 2 nitrogen and oxygen atoms in total. The number of alkyl halides is 9. The summed E-state index contributed by atoms with van der Waals surface area (Å²) in [6.45, 7) is 2.38. The normalized spacial score (nSPS) is 38.3. The first-order valence-corrected chi connectivity index (χ1v) is 8.42. The molecule has 156 valence electrons. The first kappa shape index (κ1) is 20.6. The van der Waals surface area contributed by atoms with Crippen molar-refractivity contribution in [1.29, 1.82) is 0 Å². The summed E-state index contributed by atoms with van der Waals surface area (Å²) in [6.07, 6.45) is -8.22. The molecule has 4 saturated carbocycles. The highest BCUT2D eigenvalue weighted by Gasteiger charge is 2.85. The molecule has 27 heavy (non-hydrogen) atoms. The second-order valence-electron chi connectivity index (χ2n) is 7.85. The molecule has 0 heterocycles. The highest BCUT2D eigenvalue weighted by Crippen LogP contribution is 2.83. The molecule has 0 aliphatic heterocycles. The Morgan fingerprint density at radius 2 is 1.56 bits per heavy atom. The summed E-state index contributed by atoms with van der Waals surface area (Å²) in [6, 6.07) is 0. The molecule has 4 aliphatic carbocycles. The van der Waals surface area contributed by atoms with Crippen LogP contribution in [0.1, 0.15) is 26.7 Å². The van der Waals surface area contributed by atoms with Crippen LogP contribution in [0, 0.1) is 35.0 Å². The van der Waals surface area contributed by atoms with E-state index in [9.17, 15) is 44.3 Å². The molecule has 0 aromatic heterocycles. The maximum atomic E-state index is 13.5. The molecular weight excluding hydrogens is 395 g/mol. The number of carbonyl (C=O) groups excluding carboxylic acids is 1. The Hall–Kier alpha value is -1.16. The lowest BCUT2D eigenvalue weighted by molar-refractivity contribution is -0.397. The molecule has 4 bridgehead atoms. The second kappa shape index (κ2) is 5.46. The summed E-state index contributed by atoms with van der Waals surface area (Å²) in [4.78, 5) is 12.3. The summed E-state index contributed by atoms with van der Waals surface area (Å²) in [5, 5.41) is 0. The molecule has 0 radical (unpaired) electrons. The number of carbonyl (C=O) groups is 1. The number of hydrogen-bond donors (Lipinski definition) is 0. The van der Waals surface area contributed by atoms with Gasteiger partial charge in [-0.3, -0.25) is 4.79 Å². The molecular formula is C16H17F9O2. The second-order valence-corrected chi connectivity index (χ2v) is 7.85. The topological polar surface area (TPSA) is 26.3 Å².